The molecule has 0 radical (unpaired) electrons. The van der Waals surface area contributed by atoms with Gasteiger partial charge in [0.15, 0.2) is 4.96 Å². The molecule has 0 saturated carbocycles. The summed E-state index contributed by atoms with van der Waals surface area (Å²) in [6.07, 6.45) is 3.14. The minimum absolute atomic E-state index is 0.00422. The first-order chi connectivity index (χ1) is 11.7. The van der Waals surface area contributed by atoms with Gasteiger partial charge in [-0.15, -0.1) is 11.3 Å². The maximum absolute atomic E-state index is 13.1. The van der Waals surface area contributed by atoms with Crippen molar-refractivity contribution in [2.24, 2.45) is 0 Å². The Morgan fingerprint density at radius 1 is 1.29 bits per heavy atom. The van der Waals surface area contributed by atoms with Crippen molar-refractivity contribution in [1.82, 2.24) is 9.38 Å². The highest BCUT2D eigenvalue weighted by atomic mass is 32.1. The van der Waals surface area contributed by atoms with Crippen LogP contribution in [0.15, 0.2) is 35.1 Å². The quantitative estimate of drug-likeness (QED) is 0.728. The van der Waals surface area contributed by atoms with E-state index < -0.39 is 0 Å². The van der Waals surface area contributed by atoms with Gasteiger partial charge in [-0.05, 0) is 50.5 Å². The monoisotopic (exact) mass is 343 g/mol. The fraction of sp³-hybridized carbons (Fsp3) is 0.333. The second-order valence-corrected chi connectivity index (χ2v) is 7.08. The number of benzene rings is 1. The number of aromatic nitrogens is 2. The molecule has 0 N–H and O–H groups in total. The van der Waals surface area contributed by atoms with E-state index in [9.17, 15) is 9.18 Å². The number of thiazole rings is 1. The molecule has 1 aliphatic rings. The molecular formula is C18H18FN3OS. The third-order valence-corrected chi connectivity index (χ3v) is 5.63. The minimum atomic E-state index is -0.249. The molecule has 1 aliphatic carbocycles. The summed E-state index contributed by atoms with van der Waals surface area (Å²) in [5.74, 6) is -0.249. The average Bonchev–Trinajstić information content (AvgIpc) is 3.14. The average molecular weight is 343 g/mol. The summed E-state index contributed by atoms with van der Waals surface area (Å²) >= 11 is 1.63. The van der Waals surface area contributed by atoms with Gasteiger partial charge >= 0.3 is 0 Å². The van der Waals surface area contributed by atoms with Gasteiger partial charge < -0.3 is 4.90 Å². The van der Waals surface area contributed by atoms with Crippen LogP contribution in [0, 0.1) is 5.82 Å². The molecule has 2 aromatic heterocycles. The lowest BCUT2D eigenvalue weighted by Crippen LogP contribution is -2.25. The highest BCUT2D eigenvalue weighted by Crippen LogP contribution is 2.29. The number of nitrogens with zero attached hydrogens (tertiary/aromatic N) is 3. The third kappa shape index (κ3) is 2.60. The number of aryl methyl sites for hydroxylation is 2. The summed E-state index contributed by atoms with van der Waals surface area (Å²) in [7, 11) is 0. The molecule has 0 saturated heterocycles. The van der Waals surface area contributed by atoms with E-state index in [-0.39, 0.29) is 11.4 Å². The number of halogens is 1. The van der Waals surface area contributed by atoms with Crippen molar-refractivity contribution in [3.05, 3.63) is 62.8 Å². The number of rotatable bonds is 4. The molecule has 0 atom stereocenters. The maximum atomic E-state index is 13.1. The Bertz CT molecular complexity index is 945. The molecule has 2 heterocycles. The Hall–Kier alpha value is -2.21. The van der Waals surface area contributed by atoms with Crippen LogP contribution in [-0.2, 0) is 19.4 Å². The van der Waals surface area contributed by atoms with Crippen molar-refractivity contribution in [2.45, 2.75) is 32.7 Å². The van der Waals surface area contributed by atoms with Gasteiger partial charge in [0.2, 0.25) is 0 Å². The third-order valence-electron chi connectivity index (χ3n) is 4.49. The van der Waals surface area contributed by atoms with Crippen molar-refractivity contribution >= 4 is 22.0 Å². The van der Waals surface area contributed by atoms with Crippen LogP contribution in [0.2, 0.25) is 0 Å². The molecule has 0 bridgehead atoms. The molecule has 124 valence electrons. The van der Waals surface area contributed by atoms with Crippen molar-refractivity contribution in [3.63, 3.8) is 0 Å². The maximum Gasteiger partial charge on any atom is 0.259 e. The van der Waals surface area contributed by atoms with Gasteiger partial charge in [-0.1, -0.05) is 0 Å². The first kappa shape index (κ1) is 15.3. The van der Waals surface area contributed by atoms with Gasteiger partial charge in [-0.25, -0.2) is 9.37 Å². The lowest BCUT2D eigenvalue weighted by Gasteiger charge is -2.22. The van der Waals surface area contributed by atoms with E-state index in [2.05, 4.69) is 4.90 Å². The number of hydrogen-bond donors (Lipinski definition) is 0. The summed E-state index contributed by atoms with van der Waals surface area (Å²) < 4.78 is 14.9. The largest absolute Gasteiger partial charge is 0.366 e. The molecule has 0 fully saturated rings. The summed E-state index contributed by atoms with van der Waals surface area (Å²) in [6, 6.07) is 8.04. The van der Waals surface area contributed by atoms with Crippen LogP contribution in [0.1, 0.15) is 29.6 Å². The van der Waals surface area contributed by atoms with Gasteiger partial charge in [0.1, 0.15) is 5.82 Å². The molecule has 4 nitrogen and oxygen atoms in total. The van der Waals surface area contributed by atoms with E-state index in [0.29, 0.717) is 6.54 Å². The van der Waals surface area contributed by atoms with Crippen molar-refractivity contribution in [3.8, 4) is 0 Å². The van der Waals surface area contributed by atoms with Gasteiger partial charge in [0, 0.05) is 28.9 Å². The zero-order valence-corrected chi connectivity index (χ0v) is 14.3. The zero-order valence-electron chi connectivity index (χ0n) is 13.5. The Balaban J connectivity index is 1.69. The Morgan fingerprint density at radius 3 is 2.83 bits per heavy atom. The molecule has 0 aliphatic heterocycles. The Kier molecular flexibility index (Phi) is 3.84. The molecule has 0 spiro atoms. The number of hydrogen-bond acceptors (Lipinski definition) is 4. The van der Waals surface area contributed by atoms with Crippen molar-refractivity contribution < 1.29 is 4.39 Å². The minimum Gasteiger partial charge on any atom is -0.366 e. The molecule has 6 heteroatoms. The fourth-order valence-corrected chi connectivity index (χ4v) is 4.53. The first-order valence-corrected chi connectivity index (χ1v) is 9.01. The van der Waals surface area contributed by atoms with E-state index >= 15 is 0 Å². The molecular weight excluding hydrogens is 325 g/mol. The fourth-order valence-electron chi connectivity index (χ4n) is 3.29. The van der Waals surface area contributed by atoms with Crippen LogP contribution in [0.25, 0.3) is 4.96 Å². The summed E-state index contributed by atoms with van der Waals surface area (Å²) in [5, 5.41) is 0. The highest BCUT2D eigenvalue weighted by molar-refractivity contribution is 7.17. The van der Waals surface area contributed by atoms with Gasteiger partial charge in [-0.2, -0.15) is 0 Å². The Labute approximate surface area is 143 Å². The van der Waals surface area contributed by atoms with Crippen LogP contribution < -0.4 is 10.5 Å². The van der Waals surface area contributed by atoms with Crippen LogP contribution in [-0.4, -0.2) is 15.9 Å². The molecule has 24 heavy (non-hydrogen) atoms. The number of anilines is 1. The van der Waals surface area contributed by atoms with Crippen LogP contribution in [0.3, 0.4) is 0 Å². The summed E-state index contributed by atoms with van der Waals surface area (Å²) in [4.78, 5) is 21.4. The summed E-state index contributed by atoms with van der Waals surface area (Å²) in [6.45, 7) is 3.33. The second-order valence-electron chi connectivity index (χ2n) is 6.02. The van der Waals surface area contributed by atoms with Crippen LogP contribution in [0.5, 0.6) is 0 Å². The lowest BCUT2D eigenvalue weighted by molar-refractivity contribution is 0.627. The van der Waals surface area contributed by atoms with Gasteiger partial charge in [0.05, 0.1) is 12.2 Å². The molecule has 0 amide bonds. The molecule has 4 rings (SSSR count). The second kappa shape index (κ2) is 6.02. The smallest absolute Gasteiger partial charge is 0.259 e. The standard InChI is InChI=1S/C18H18FN3OS/c1-2-21(14-8-6-12(19)7-9-14)11-13-10-17(23)22-15-4-3-5-16(15)24-18(22)20-13/h6-10H,2-5,11H2,1H3. The molecule has 1 aromatic carbocycles. The van der Waals surface area contributed by atoms with Crippen molar-refractivity contribution in [1.29, 1.82) is 0 Å². The van der Waals surface area contributed by atoms with E-state index in [1.807, 2.05) is 6.92 Å². The van der Waals surface area contributed by atoms with E-state index in [0.717, 1.165) is 47.8 Å². The van der Waals surface area contributed by atoms with E-state index in [1.165, 1.54) is 17.0 Å². The predicted octanol–water partition coefficient (Wildman–Crippen LogP) is 3.41. The number of fused-ring (bicyclic) bond motifs is 3. The first-order valence-electron chi connectivity index (χ1n) is 8.19. The van der Waals surface area contributed by atoms with Crippen LogP contribution >= 0.6 is 11.3 Å². The normalized spacial score (nSPS) is 13.4. The van der Waals surface area contributed by atoms with E-state index in [1.54, 1.807) is 33.9 Å². The SMILES string of the molecule is CCN(Cc1cc(=O)n2c3c(sc2n1)CCC3)c1ccc(F)cc1. The zero-order chi connectivity index (χ0) is 16.7. The molecule has 3 aromatic rings. The summed E-state index contributed by atoms with van der Waals surface area (Å²) in [5.41, 5.74) is 2.83. The van der Waals surface area contributed by atoms with E-state index in [4.69, 9.17) is 4.98 Å². The van der Waals surface area contributed by atoms with Gasteiger partial charge in [-0.3, -0.25) is 9.20 Å². The Morgan fingerprint density at radius 2 is 2.08 bits per heavy atom. The lowest BCUT2D eigenvalue weighted by atomic mass is 10.2. The van der Waals surface area contributed by atoms with Crippen molar-refractivity contribution in [2.75, 3.05) is 11.4 Å². The topological polar surface area (TPSA) is 37.6 Å². The van der Waals surface area contributed by atoms with Gasteiger partial charge in [0.25, 0.3) is 5.56 Å². The predicted molar refractivity (Wildman–Crippen MR) is 94.5 cm³/mol. The highest BCUT2D eigenvalue weighted by Gasteiger charge is 2.20. The van der Waals surface area contributed by atoms with Crippen LogP contribution in [0.4, 0.5) is 10.1 Å². The molecule has 0 unspecified atom stereocenters.